The second-order valence-electron chi connectivity index (χ2n) is 6.61. The molecule has 4 nitrogen and oxygen atoms in total. The number of rotatable bonds is 2. The first-order chi connectivity index (χ1) is 9.78. The number of nitrogens with zero attached hydrogens (tertiary/aromatic N) is 1. The summed E-state index contributed by atoms with van der Waals surface area (Å²) in [5, 5.41) is 12.8. The molecule has 0 aromatic heterocycles. The summed E-state index contributed by atoms with van der Waals surface area (Å²) in [5.74, 6) is -0.364. The van der Waals surface area contributed by atoms with E-state index in [1.807, 2.05) is 20.8 Å². The molecule has 1 saturated heterocycles. The predicted molar refractivity (Wildman–Crippen MR) is 80.8 cm³/mol. The van der Waals surface area contributed by atoms with Crippen molar-refractivity contribution >= 4 is 11.8 Å². The van der Waals surface area contributed by atoms with E-state index in [0.717, 1.165) is 12.8 Å². The lowest BCUT2D eigenvalue weighted by molar-refractivity contribution is -0.00490. The van der Waals surface area contributed by atoms with E-state index in [-0.39, 0.29) is 11.2 Å². The van der Waals surface area contributed by atoms with Crippen LogP contribution in [0.1, 0.15) is 40.0 Å². The number of carboxylic acid groups (broad SMARTS) is 1. The van der Waals surface area contributed by atoms with E-state index in [4.69, 9.17) is 0 Å². The van der Waals surface area contributed by atoms with Crippen molar-refractivity contribution < 1.29 is 14.3 Å². The first-order valence-corrected chi connectivity index (χ1v) is 7.31. The molecule has 1 fully saturated rings. The molecule has 1 atom stereocenters. The van der Waals surface area contributed by atoms with Gasteiger partial charge < -0.3 is 10.4 Å². The van der Waals surface area contributed by atoms with Crippen LogP contribution in [0.2, 0.25) is 0 Å². The van der Waals surface area contributed by atoms with Crippen LogP contribution in [0, 0.1) is 11.2 Å². The Labute approximate surface area is 125 Å². The van der Waals surface area contributed by atoms with Gasteiger partial charge in [0.15, 0.2) is 0 Å². The number of hydrogen-bond donors (Lipinski definition) is 2. The molecule has 1 aliphatic rings. The molecule has 1 unspecified atom stereocenters. The van der Waals surface area contributed by atoms with Crippen molar-refractivity contribution in [2.45, 2.75) is 45.7 Å². The van der Waals surface area contributed by atoms with Crippen LogP contribution in [0.25, 0.3) is 0 Å². The summed E-state index contributed by atoms with van der Waals surface area (Å²) in [7, 11) is 0. The second-order valence-corrected chi connectivity index (χ2v) is 6.61. The van der Waals surface area contributed by atoms with E-state index in [0.29, 0.717) is 18.7 Å². The maximum atomic E-state index is 14.0. The van der Waals surface area contributed by atoms with Gasteiger partial charge in [0.2, 0.25) is 0 Å². The zero-order chi connectivity index (χ0) is 15.7. The van der Waals surface area contributed by atoms with E-state index < -0.39 is 11.8 Å². The number of halogens is 1. The average Bonchev–Trinajstić information content (AvgIpc) is 2.40. The van der Waals surface area contributed by atoms with Crippen LogP contribution >= 0.6 is 0 Å². The number of likely N-dealkylation sites (tertiary alicyclic amines) is 1. The molecule has 0 radical (unpaired) electrons. The zero-order valence-corrected chi connectivity index (χ0v) is 12.8. The molecule has 1 amide bonds. The van der Waals surface area contributed by atoms with Crippen LogP contribution in [-0.4, -0.2) is 28.3 Å². The number of amides is 1. The highest BCUT2D eigenvalue weighted by atomic mass is 19.1. The highest BCUT2D eigenvalue weighted by Gasteiger charge is 2.50. The van der Waals surface area contributed by atoms with Crippen molar-refractivity contribution in [2.75, 3.05) is 11.9 Å². The van der Waals surface area contributed by atoms with Crippen molar-refractivity contribution in [3.8, 4) is 0 Å². The fourth-order valence-electron chi connectivity index (χ4n) is 3.12. The molecular weight excluding hydrogens is 271 g/mol. The largest absolute Gasteiger partial charge is 0.465 e. The Bertz CT molecular complexity index is 527. The summed E-state index contributed by atoms with van der Waals surface area (Å²) < 4.78 is 14.0. The molecule has 0 aliphatic carbocycles. The van der Waals surface area contributed by atoms with Gasteiger partial charge in [-0.3, -0.25) is 4.90 Å². The minimum absolute atomic E-state index is 0.348. The van der Waals surface area contributed by atoms with Crippen molar-refractivity contribution in [1.29, 1.82) is 0 Å². The molecule has 1 heterocycles. The summed E-state index contributed by atoms with van der Waals surface area (Å²) in [6, 6.07) is 6.40. The topological polar surface area (TPSA) is 52.6 Å². The van der Waals surface area contributed by atoms with Crippen LogP contribution in [0.5, 0.6) is 0 Å². The van der Waals surface area contributed by atoms with Gasteiger partial charge in [-0.05, 0) is 31.4 Å². The van der Waals surface area contributed by atoms with Gasteiger partial charge in [-0.1, -0.05) is 32.9 Å². The first-order valence-electron chi connectivity index (χ1n) is 7.31. The average molecular weight is 294 g/mol. The van der Waals surface area contributed by atoms with Gasteiger partial charge in [0, 0.05) is 12.0 Å². The lowest BCUT2D eigenvalue weighted by Crippen LogP contribution is -2.65. The van der Waals surface area contributed by atoms with E-state index in [2.05, 4.69) is 5.32 Å². The molecular formula is C16H23FN2O2. The molecule has 0 saturated carbocycles. The van der Waals surface area contributed by atoms with Crippen LogP contribution in [0.3, 0.4) is 0 Å². The molecule has 21 heavy (non-hydrogen) atoms. The number of benzene rings is 1. The Morgan fingerprint density at radius 2 is 2.00 bits per heavy atom. The Morgan fingerprint density at radius 3 is 2.57 bits per heavy atom. The number of carbonyl (C=O) groups is 1. The number of hydrogen-bond acceptors (Lipinski definition) is 2. The van der Waals surface area contributed by atoms with Gasteiger partial charge in [0.1, 0.15) is 11.5 Å². The molecule has 1 aromatic rings. The van der Waals surface area contributed by atoms with Crippen molar-refractivity contribution in [3.63, 3.8) is 0 Å². The van der Waals surface area contributed by atoms with Gasteiger partial charge in [0.25, 0.3) is 0 Å². The highest BCUT2D eigenvalue weighted by Crippen LogP contribution is 2.43. The van der Waals surface area contributed by atoms with Crippen molar-refractivity contribution in [3.05, 3.63) is 30.1 Å². The van der Waals surface area contributed by atoms with Crippen molar-refractivity contribution in [1.82, 2.24) is 4.90 Å². The number of piperidine rings is 1. The first kappa shape index (κ1) is 15.6. The summed E-state index contributed by atoms with van der Waals surface area (Å²) >= 11 is 0. The molecule has 1 aliphatic heterocycles. The molecule has 116 valence electrons. The van der Waals surface area contributed by atoms with E-state index in [1.165, 1.54) is 11.0 Å². The molecule has 5 heteroatoms. The van der Waals surface area contributed by atoms with Crippen LogP contribution in [0.4, 0.5) is 14.9 Å². The summed E-state index contributed by atoms with van der Waals surface area (Å²) in [6.07, 6.45) is 1.45. The summed E-state index contributed by atoms with van der Waals surface area (Å²) in [6.45, 7) is 6.43. The molecule has 1 aromatic carbocycles. The van der Waals surface area contributed by atoms with Gasteiger partial charge in [-0.25, -0.2) is 9.18 Å². The van der Waals surface area contributed by atoms with Crippen LogP contribution < -0.4 is 5.32 Å². The summed E-state index contributed by atoms with van der Waals surface area (Å²) in [4.78, 5) is 13.1. The monoisotopic (exact) mass is 294 g/mol. The smallest absolute Gasteiger partial charge is 0.409 e. The fourth-order valence-corrected chi connectivity index (χ4v) is 3.12. The van der Waals surface area contributed by atoms with Crippen LogP contribution in [0.15, 0.2) is 24.3 Å². The molecule has 2 rings (SSSR count). The lowest BCUT2D eigenvalue weighted by Gasteiger charge is -2.54. The quantitative estimate of drug-likeness (QED) is 0.861. The SMILES string of the molecule is CC(C)(C)C1(Nc2ccccc2F)CCCCN1C(=O)O. The lowest BCUT2D eigenvalue weighted by atomic mass is 9.74. The third kappa shape index (κ3) is 2.82. The van der Waals surface area contributed by atoms with E-state index in [9.17, 15) is 14.3 Å². The minimum atomic E-state index is -0.964. The fraction of sp³-hybridized carbons (Fsp3) is 0.562. The molecule has 0 bridgehead atoms. The third-order valence-electron chi connectivity index (χ3n) is 4.32. The zero-order valence-electron chi connectivity index (χ0n) is 12.8. The second kappa shape index (κ2) is 5.54. The Kier molecular flexibility index (Phi) is 4.12. The van der Waals surface area contributed by atoms with Crippen LogP contribution in [-0.2, 0) is 0 Å². The Balaban J connectivity index is 2.46. The number of nitrogens with one attached hydrogen (secondary N) is 1. The maximum absolute atomic E-state index is 14.0. The predicted octanol–water partition coefficient (Wildman–Crippen LogP) is 4.14. The van der Waals surface area contributed by atoms with E-state index >= 15 is 0 Å². The summed E-state index contributed by atoms with van der Waals surface area (Å²) in [5.41, 5.74) is -0.825. The molecule has 0 spiro atoms. The number of para-hydroxylation sites is 1. The Morgan fingerprint density at radius 1 is 1.33 bits per heavy atom. The van der Waals surface area contributed by atoms with Gasteiger partial charge in [-0.2, -0.15) is 0 Å². The number of anilines is 1. The highest BCUT2D eigenvalue weighted by molar-refractivity contribution is 5.68. The third-order valence-corrected chi connectivity index (χ3v) is 4.32. The van der Waals surface area contributed by atoms with Crippen molar-refractivity contribution in [2.24, 2.45) is 5.41 Å². The van der Waals surface area contributed by atoms with Gasteiger partial charge in [-0.15, -0.1) is 0 Å². The van der Waals surface area contributed by atoms with Gasteiger partial charge >= 0.3 is 6.09 Å². The Hall–Kier alpha value is -1.78. The normalized spacial score (nSPS) is 23.0. The van der Waals surface area contributed by atoms with Gasteiger partial charge in [0.05, 0.1) is 5.69 Å². The standard InChI is InChI=1S/C16H23FN2O2/c1-15(2,3)16(10-6-7-11-19(16)14(20)21)18-13-9-5-4-8-12(13)17/h4-5,8-9,18H,6-7,10-11H2,1-3H3,(H,20,21). The molecule has 2 N–H and O–H groups in total. The maximum Gasteiger partial charge on any atom is 0.409 e. The minimum Gasteiger partial charge on any atom is -0.465 e. The van der Waals surface area contributed by atoms with E-state index in [1.54, 1.807) is 18.2 Å².